The van der Waals surface area contributed by atoms with E-state index in [4.69, 9.17) is 19.4 Å². The van der Waals surface area contributed by atoms with Crippen LogP contribution >= 0.6 is 0 Å². The van der Waals surface area contributed by atoms with Crippen molar-refractivity contribution in [1.29, 1.82) is 0 Å². The first-order chi connectivity index (χ1) is 23.2. The van der Waals surface area contributed by atoms with Crippen molar-refractivity contribution >= 4 is 32.7 Å². The molecule has 2 aromatic heterocycles. The molecule has 220 valence electrons. The first kappa shape index (κ1) is 27.0. The molecule has 7 aromatic carbocycles. The molecule has 0 atom stereocenters. The molecule has 0 fully saturated rings. The lowest BCUT2D eigenvalue weighted by Crippen LogP contribution is -2.00. The number of fused-ring (bicyclic) bond motifs is 4. The Kier molecular flexibility index (Phi) is 6.43. The maximum atomic E-state index is 6.26. The SMILES string of the molecule is c1ccc(-c2ccc(-c3ccc(-c4nc(-c5ccccc5)nc(-c5ccc6oc7cc8ccccc8cc7c6c5)n4)cc3)cc2)cc1. The standard InChI is InChI=1S/C43H27N3O/c1-3-9-28(10-4-1)29-15-17-30(18-16-29)31-19-21-33(22-20-31)42-44-41(32-11-5-2-6-12-32)45-43(46-42)36-23-24-39-37(26-36)38-25-34-13-7-8-14-35(34)27-40(38)47-39/h1-27H. The molecule has 0 N–H and O–H groups in total. The van der Waals surface area contributed by atoms with Crippen LogP contribution < -0.4 is 0 Å². The Bertz CT molecular complexity index is 2540. The van der Waals surface area contributed by atoms with Crippen LogP contribution in [0.4, 0.5) is 0 Å². The van der Waals surface area contributed by atoms with Gasteiger partial charge in [-0.25, -0.2) is 15.0 Å². The highest BCUT2D eigenvalue weighted by atomic mass is 16.3. The Morgan fingerprint density at radius 1 is 0.298 bits per heavy atom. The third-order valence-electron chi connectivity index (χ3n) is 8.73. The zero-order chi connectivity index (χ0) is 31.2. The summed E-state index contributed by atoms with van der Waals surface area (Å²) in [6.07, 6.45) is 0. The summed E-state index contributed by atoms with van der Waals surface area (Å²) in [5.41, 5.74) is 9.18. The van der Waals surface area contributed by atoms with Crippen molar-refractivity contribution < 1.29 is 4.42 Å². The first-order valence-corrected chi connectivity index (χ1v) is 15.7. The molecule has 0 aliphatic carbocycles. The molecule has 0 unspecified atom stereocenters. The molecule has 0 saturated carbocycles. The van der Waals surface area contributed by atoms with Gasteiger partial charge in [-0.1, -0.05) is 133 Å². The number of nitrogens with zero attached hydrogens (tertiary/aromatic N) is 3. The third kappa shape index (κ3) is 5.02. The van der Waals surface area contributed by atoms with Crippen LogP contribution in [0.15, 0.2) is 168 Å². The Balaban J connectivity index is 1.12. The Labute approximate surface area is 271 Å². The second-order valence-electron chi connectivity index (χ2n) is 11.7. The monoisotopic (exact) mass is 601 g/mol. The molecule has 0 saturated heterocycles. The summed E-state index contributed by atoms with van der Waals surface area (Å²) >= 11 is 0. The average molecular weight is 602 g/mol. The predicted molar refractivity (Wildman–Crippen MR) is 192 cm³/mol. The van der Waals surface area contributed by atoms with Gasteiger partial charge in [0.1, 0.15) is 11.2 Å². The minimum atomic E-state index is 0.617. The summed E-state index contributed by atoms with van der Waals surface area (Å²) in [6, 6.07) is 56.5. The summed E-state index contributed by atoms with van der Waals surface area (Å²) in [5.74, 6) is 1.88. The van der Waals surface area contributed by atoms with Gasteiger partial charge in [-0.15, -0.1) is 0 Å². The molecule has 4 heteroatoms. The van der Waals surface area contributed by atoms with E-state index in [9.17, 15) is 0 Å². The van der Waals surface area contributed by atoms with E-state index in [1.807, 2.05) is 48.5 Å². The van der Waals surface area contributed by atoms with Gasteiger partial charge in [0.05, 0.1) is 0 Å². The van der Waals surface area contributed by atoms with Gasteiger partial charge in [0, 0.05) is 27.5 Å². The van der Waals surface area contributed by atoms with E-state index >= 15 is 0 Å². The maximum Gasteiger partial charge on any atom is 0.164 e. The van der Waals surface area contributed by atoms with E-state index in [1.165, 1.54) is 16.5 Å². The van der Waals surface area contributed by atoms with Crippen LogP contribution in [0.3, 0.4) is 0 Å². The molecule has 0 spiro atoms. The lowest BCUT2D eigenvalue weighted by atomic mass is 9.99. The maximum absolute atomic E-state index is 6.26. The van der Waals surface area contributed by atoms with Gasteiger partial charge >= 0.3 is 0 Å². The van der Waals surface area contributed by atoms with Crippen LogP contribution in [0.25, 0.3) is 89.1 Å². The average Bonchev–Trinajstić information content (AvgIpc) is 3.51. The fraction of sp³-hybridized carbons (Fsp3) is 0. The molecule has 47 heavy (non-hydrogen) atoms. The summed E-state index contributed by atoms with van der Waals surface area (Å²) in [6.45, 7) is 0. The molecular weight excluding hydrogens is 574 g/mol. The second-order valence-corrected chi connectivity index (χ2v) is 11.7. The highest BCUT2D eigenvalue weighted by Gasteiger charge is 2.15. The van der Waals surface area contributed by atoms with Crippen molar-refractivity contribution in [2.24, 2.45) is 0 Å². The lowest BCUT2D eigenvalue weighted by Gasteiger charge is -2.09. The topological polar surface area (TPSA) is 51.8 Å². The number of aromatic nitrogens is 3. The predicted octanol–water partition coefficient (Wildman–Crippen LogP) is 11.3. The van der Waals surface area contributed by atoms with E-state index in [0.29, 0.717) is 17.5 Å². The quantitative estimate of drug-likeness (QED) is 0.197. The number of rotatable bonds is 5. The van der Waals surface area contributed by atoms with Crippen molar-refractivity contribution in [3.8, 4) is 56.4 Å². The lowest BCUT2D eigenvalue weighted by molar-refractivity contribution is 0.669. The van der Waals surface area contributed by atoms with Gasteiger partial charge in [-0.3, -0.25) is 0 Å². The molecule has 0 aliphatic rings. The number of benzene rings is 7. The molecule has 0 amide bonds. The highest BCUT2D eigenvalue weighted by Crippen LogP contribution is 2.35. The van der Waals surface area contributed by atoms with Crippen LogP contribution in [0.1, 0.15) is 0 Å². The van der Waals surface area contributed by atoms with Crippen molar-refractivity contribution in [2.45, 2.75) is 0 Å². The number of hydrogen-bond acceptors (Lipinski definition) is 4. The molecule has 9 aromatic rings. The Morgan fingerprint density at radius 2 is 0.702 bits per heavy atom. The molecule has 0 aliphatic heterocycles. The van der Waals surface area contributed by atoms with E-state index in [0.717, 1.165) is 55.1 Å². The second kappa shape index (κ2) is 11.2. The summed E-state index contributed by atoms with van der Waals surface area (Å²) < 4.78 is 6.26. The van der Waals surface area contributed by atoms with Crippen LogP contribution in [0, 0.1) is 0 Å². The van der Waals surface area contributed by atoms with Gasteiger partial charge in [0.25, 0.3) is 0 Å². The zero-order valence-corrected chi connectivity index (χ0v) is 25.3. The largest absolute Gasteiger partial charge is 0.456 e. The smallest absolute Gasteiger partial charge is 0.164 e. The van der Waals surface area contributed by atoms with E-state index in [-0.39, 0.29) is 0 Å². The van der Waals surface area contributed by atoms with E-state index in [1.54, 1.807) is 0 Å². The summed E-state index contributed by atoms with van der Waals surface area (Å²) in [5, 5.41) is 4.45. The Hall–Kier alpha value is -6.39. The highest BCUT2D eigenvalue weighted by molar-refractivity contribution is 6.10. The minimum absolute atomic E-state index is 0.617. The summed E-state index contributed by atoms with van der Waals surface area (Å²) in [7, 11) is 0. The van der Waals surface area contributed by atoms with Crippen LogP contribution in [0.2, 0.25) is 0 Å². The van der Waals surface area contributed by atoms with Crippen LogP contribution in [-0.4, -0.2) is 15.0 Å². The Morgan fingerprint density at radius 3 is 1.30 bits per heavy atom. The molecule has 0 bridgehead atoms. The third-order valence-corrected chi connectivity index (χ3v) is 8.73. The molecule has 2 heterocycles. The van der Waals surface area contributed by atoms with Gasteiger partial charge in [0.15, 0.2) is 17.5 Å². The fourth-order valence-electron chi connectivity index (χ4n) is 6.25. The van der Waals surface area contributed by atoms with Crippen molar-refractivity contribution in [2.75, 3.05) is 0 Å². The van der Waals surface area contributed by atoms with Crippen molar-refractivity contribution in [3.05, 3.63) is 164 Å². The number of furan rings is 1. The van der Waals surface area contributed by atoms with Gasteiger partial charge in [-0.05, 0) is 63.4 Å². The van der Waals surface area contributed by atoms with E-state index < -0.39 is 0 Å². The minimum Gasteiger partial charge on any atom is -0.456 e. The van der Waals surface area contributed by atoms with Crippen molar-refractivity contribution in [3.63, 3.8) is 0 Å². The molecule has 9 rings (SSSR count). The van der Waals surface area contributed by atoms with Gasteiger partial charge in [-0.2, -0.15) is 0 Å². The van der Waals surface area contributed by atoms with Crippen LogP contribution in [0.5, 0.6) is 0 Å². The molecule has 0 radical (unpaired) electrons. The number of hydrogen-bond donors (Lipinski definition) is 0. The molecule has 4 nitrogen and oxygen atoms in total. The first-order valence-electron chi connectivity index (χ1n) is 15.7. The van der Waals surface area contributed by atoms with Crippen LogP contribution in [-0.2, 0) is 0 Å². The van der Waals surface area contributed by atoms with Crippen molar-refractivity contribution in [1.82, 2.24) is 15.0 Å². The normalized spacial score (nSPS) is 11.4. The van der Waals surface area contributed by atoms with Gasteiger partial charge < -0.3 is 4.42 Å². The van der Waals surface area contributed by atoms with E-state index in [2.05, 4.69) is 115 Å². The molecular formula is C43H27N3O. The fourth-order valence-corrected chi connectivity index (χ4v) is 6.25. The summed E-state index contributed by atoms with van der Waals surface area (Å²) in [4.78, 5) is 14.9. The zero-order valence-electron chi connectivity index (χ0n) is 25.3. The van der Waals surface area contributed by atoms with Gasteiger partial charge in [0.2, 0.25) is 0 Å².